The third-order valence-electron chi connectivity index (χ3n) is 2.99. The predicted octanol–water partition coefficient (Wildman–Crippen LogP) is 3.97. The van der Waals surface area contributed by atoms with E-state index in [2.05, 4.69) is 31.5 Å². The molecule has 1 atom stereocenters. The Bertz CT molecular complexity index is 663. The highest BCUT2D eigenvalue weighted by Gasteiger charge is 2.13. The van der Waals surface area contributed by atoms with Crippen molar-refractivity contribution < 1.29 is 4.92 Å². The maximum atomic E-state index is 10.9. The van der Waals surface area contributed by atoms with E-state index in [0.717, 1.165) is 10.0 Å². The molecule has 0 amide bonds. The molecule has 0 bridgehead atoms. The zero-order chi connectivity index (χ0) is 15.4. The molecule has 7 heteroatoms. The zero-order valence-corrected chi connectivity index (χ0v) is 13.2. The Morgan fingerprint density at radius 2 is 2.00 bits per heavy atom. The molecule has 2 N–H and O–H groups in total. The molecular weight excluding hydrogens is 336 g/mol. The van der Waals surface area contributed by atoms with Gasteiger partial charge in [-0.25, -0.2) is 4.98 Å². The van der Waals surface area contributed by atoms with E-state index in [4.69, 9.17) is 0 Å². The fraction of sp³-hybridized carbons (Fsp3) is 0.214. The molecule has 0 saturated heterocycles. The maximum absolute atomic E-state index is 10.9. The number of anilines is 2. The molecule has 0 saturated carbocycles. The summed E-state index contributed by atoms with van der Waals surface area (Å²) in [4.78, 5) is 14.8. The summed E-state index contributed by atoms with van der Waals surface area (Å²) in [5.41, 5.74) is 1.06. The van der Waals surface area contributed by atoms with Gasteiger partial charge < -0.3 is 10.6 Å². The Kier molecular flexibility index (Phi) is 4.74. The van der Waals surface area contributed by atoms with E-state index in [-0.39, 0.29) is 11.7 Å². The van der Waals surface area contributed by atoms with Crippen molar-refractivity contribution in [3.63, 3.8) is 0 Å². The average Bonchev–Trinajstić information content (AvgIpc) is 2.46. The zero-order valence-electron chi connectivity index (χ0n) is 11.6. The van der Waals surface area contributed by atoms with Crippen LogP contribution < -0.4 is 10.6 Å². The summed E-state index contributed by atoms with van der Waals surface area (Å²) in [6.45, 7) is 1.97. The number of pyridine rings is 1. The van der Waals surface area contributed by atoms with Gasteiger partial charge in [0.2, 0.25) is 0 Å². The van der Waals surface area contributed by atoms with Crippen LogP contribution >= 0.6 is 15.9 Å². The molecule has 1 aromatic carbocycles. The summed E-state index contributed by atoms with van der Waals surface area (Å²) in [6, 6.07) is 10.7. The van der Waals surface area contributed by atoms with E-state index in [1.807, 2.05) is 31.2 Å². The number of nitro groups is 1. The lowest BCUT2D eigenvalue weighted by molar-refractivity contribution is -0.384. The van der Waals surface area contributed by atoms with Crippen molar-refractivity contribution >= 4 is 33.3 Å². The third-order valence-corrected chi connectivity index (χ3v) is 3.48. The number of hydrogen-bond acceptors (Lipinski definition) is 5. The molecule has 21 heavy (non-hydrogen) atoms. The second kappa shape index (κ2) is 6.53. The number of rotatable bonds is 5. The number of nitrogens with zero attached hydrogens (tertiary/aromatic N) is 2. The Morgan fingerprint density at radius 1 is 1.29 bits per heavy atom. The van der Waals surface area contributed by atoms with E-state index < -0.39 is 4.92 Å². The van der Waals surface area contributed by atoms with Gasteiger partial charge in [0, 0.05) is 17.6 Å². The van der Waals surface area contributed by atoms with Gasteiger partial charge in [-0.15, -0.1) is 0 Å². The molecule has 0 spiro atoms. The Hall–Kier alpha value is -2.15. The van der Waals surface area contributed by atoms with Gasteiger partial charge in [0.1, 0.15) is 11.6 Å². The van der Waals surface area contributed by atoms with E-state index >= 15 is 0 Å². The van der Waals surface area contributed by atoms with Crippen LogP contribution in [0.5, 0.6) is 0 Å². The minimum absolute atomic E-state index is 0.00158. The van der Waals surface area contributed by atoms with Crippen LogP contribution in [0.25, 0.3) is 0 Å². The molecule has 6 nitrogen and oxygen atoms in total. The van der Waals surface area contributed by atoms with Gasteiger partial charge in [0.15, 0.2) is 0 Å². The smallest absolute Gasteiger partial charge is 0.276 e. The molecule has 0 fully saturated rings. The predicted molar refractivity (Wildman–Crippen MR) is 86.6 cm³/mol. The summed E-state index contributed by atoms with van der Waals surface area (Å²) in [7, 11) is 1.67. The van der Waals surface area contributed by atoms with Crippen LogP contribution in [-0.2, 0) is 0 Å². The lowest BCUT2D eigenvalue weighted by atomic mass is 10.1. The van der Waals surface area contributed by atoms with Gasteiger partial charge >= 0.3 is 0 Å². The summed E-state index contributed by atoms with van der Waals surface area (Å²) >= 11 is 3.43. The van der Waals surface area contributed by atoms with Crippen LogP contribution in [0.2, 0.25) is 0 Å². The average molecular weight is 351 g/mol. The fourth-order valence-corrected chi connectivity index (χ4v) is 2.32. The van der Waals surface area contributed by atoms with Crippen molar-refractivity contribution in [2.45, 2.75) is 13.0 Å². The largest absolute Gasteiger partial charge is 0.373 e. The molecule has 0 aliphatic carbocycles. The molecule has 1 unspecified atom stereocenters. The lowest BCUT2D eigenvalue weighted by Crippen LogP contribution is -2.09. The topological polar surface area (TPSA) is 80.1 Å². The van der Waals surface area contributed by atoms with E-state index in [1.54, 1.807) is 7.05 Å². The van der Waals surface area contributed by atoms with Crippen molar-refractivity contribution in [1.29, 1.82) is 0 Å². The van der Waals surface area contributed by atoms with Crippen molar-refractivity contribution in [3.8, 4) is 0 Å². The molecule has 0 aliphatic heterocycles. The van der Waals surface area contributed by atoms with Crippen LogP contribution in [-0.4, -0.2) is 17.0 Å². The van der Waals surface area contributed by atoms with Crippen molar-refractivity contribution in [2.75, 3.05) is 17.7 Å². The van der Waals surface area contributed by atoms with Gasteiger partial charge in [-0.1, -0.05) is 28.1 Å². The van der Waals surface area contributed by atoms with Crippen molar-refractivity contribution in [3.05, 3.63) is 56.5 Å². The van der Waals surface area contributed by atoms with Crippen LogP contribution in [0.1, 0.15) is 18.5 Å². The van der Waals surface area contributed by atoms with Crippen molar-refractivity contribution in [2.24, 2.45) is 0 Å². The summed E-state index contributed by atoms with van der Waals surface area (Å²) in [6.07, 6.45) is 0. The van der Waals surface area contributed by atoms with Gasteiger partial charge in [-0.05, 0) is 24.6 Å². The third kappa shape index (κ3) is 3.91. The molecule has 1 aromatic heterocycles. The van der Waals surface area contributed by atoms with Crippen LogP contribution in [0, 0.1) is 10.1 Å². The molecule has 0 aliphatic rings. The first-order valence-electron chi connectivity index (χ1n) is 6.36. The maximum Gasteiger partial charge on any atom is 0.276 e. The highest BCUT2D eigenvalue weighted by Crippen LogP contribution is 2.25. The summed E-state index contributed by atoms with van der Waals surface area (Å²) in [5, 5.41) is 16.9. The molecular formula is C14H15BrN4O2. The first kappa shape index (κ1) is 15.2. The summed E-state index contributed by atoms with van der Waals surface area (Å²) < 4.78 is 0.983. The molecule has 110 valence electrons. The highest BCUT2D eigenvalue weighted by atomic mass is 79.9. The van der Waals surface area contributed by atoms with E-state index in [1.165, 1.54) is 12.1 Å². The van der Waals surface area contributed by atoms with Gasteiger partial charge in [-0.2, -0.15) is 0 Å². The van der Waals surface area contributed by atoms with Crippen LogP contribution in [0.4, 0.5) is 17.3 Å². The highest BCUT2D eigenvalue weighted by molar-refractivity contribution is 9.10. The van der Waals surface area contributed by atoms with E-state index in [0.29, 0.717) is 11.6 Å². The van der Waals surface area contributed by atoms with Gasteiger partial charge in [0.25, 0.3) is 5.69 Å². The first-order chi connectivity index (χ1) is 9.99. The molecule has 1 heterocycles. The second-order valence-electron chi connectivity index (χ2n) is 4.52. The number of nitrogens with one attached hydrogen (secondary N) is 2. The number of halogens is 1. The number of aromatic nitrogens is 1. The SMILES string of the molecule is CNc1cc([N+](=O)[O-])cc(NC(C)c2cccc(Br)c2)n1. The van der Waals surface area contributed by atoms with E-state index in [9.17, 15) is 10.1 Å². The standard InChI is InChI=1S/C14H15BrN4O2/c1-9(10-4-3-5-11(15)6-10)17-14-8-12(19(20)21)7-13(16-2)18-14/h3-9H,1-2H3,(H2,16,17,18). The molecule has 2 rings (SSSR count). The Morgan fingerprint density at radius 3 is 2.62 bits per heavy atom. The molecule has 2 aromatic rings. The fourth-order valence-electron chi connectivity index (χ4n) is 1.90. The normalized spacial score (nSPS) is 11.8. The van der Waals surface area contributed by atoms with Gasteiger partial charge in [0.05, 0.1) is 17.1 Å². The van der Waals surface area contributed by atoms with Crippen LogP contribution in [0.3, 0.4) is 0 Å². The quantitative estimate of drug-likeness (QED) is 0.629. The monoisotopic (exact) mass is 350 g/mol. The van der Waals surface area contributed by atoms with Crippen LogP contribution in [0.15, 0.2) is 40.9 Å². The second-order valence-corrected chi connectivity index (χ2v) is 5.44. The lowest BCUT2D eigenvalue weighted by Gasteiger charge is -2.15. The molecule has 0 radical (unpaired) electrons. The first-order valence-corrected chi connectivity index (χ1v) is 7.15. The van der Waals surface area contributed by atoms with Gasteiger partial charge in [-0.3, -0.25) is 10.1 Å². The number of hydrogen-bond donors (Lipinski definition) is 2. The minimum atomic E-state index is -0.433. The minimum Gasteiger partial charge on any atom is -0.373 e. The van der Waals surface area contributed by atoms with Crippen molar-refractivity contribution in [1.82, 2.24) is 4.98 Å². The summed E-state index contributed by atoms with van der Waals surface area (Å²) in [5.74, 6) is 0.911. The number of benzene rings is 1. The Balaban J connectivity index is 2.26. The Labute approximate surface area is 130 Å².